The number of nitrogens with one attached hydrogen (secondary N) is 2. The predicted octanol–water partition coefficient (Wildman–Crippen LogP) is 3.73. The third-order valence-corrected chi connectivity index (χ3v) is 4.94. The minimum Gasteiger partial charge on any atom is -0.473 e. The second kappa shape index (κ2) is 8.21. The molecule has 2 N–H and O–H groups in total. The maximum Gasteiger partial charge on any atom is 0.267 e. The molecule has 1 amide bonds. The second-order valence-corrected chi connectivity index (χ2v) is 6.92. The van der Waals surface area contributed by atoms with Crippen molar-refractivity contribution in [3.8, 4) is 17.0 Å². The molecule has 144 valence electrons. The topological polar surface area (TPSA) is 79.9 Å². The normalized spacial score (nSPS) is 19.2. The van der Waals surface area contributed by atoms with Crippen LogP contribution < -0.4 is 10.1 Å². The third-order valence-electron chi connectivity index (χ3n) is 4.94. The molecule has 1 saturated carbocycles. The van der Waals surface area contributed by atoms with Gasteiger partial charge in [0, 0.05) is 24.6 Å². The van der Waals surface area contributed by atoms with Gasteiger partial charge in [-0.15, -0.1) is 0 Å². The lowest BCUT2D eigenvalue weighted by Crippen LogP contribution is -2.39. The summed E-state index contributed by atoms with van der Waals surface area (Å²) in [5.41, 5.74) is 2.21. The number of carbonyl (C=O) groups is 1. The van der Waals surface area contributed by atoms with Gasteiger partial charge < -0.3 is 15.0 Å². The van der Waals surface area contributed by atoms with Crippen LogP contribution in [0, 0.1) is 5.82 Å². The van der Waals surface area contributed by atoms with E-state index in [1.165, 1.54) is 12.1 Å². The van der Waals surface area contributed by atoms with Crippen LogP contribution in [-0.4, -0.2) is 33.0 Å². The minimum atomic E-state index is -0.281. The first-order valence-corrected chi connectivity index (χ1v) is 9.35. The molecule has 6 nitrogen and oxygen atoms in total. The minimum absolute atomic E-state index is 0.0976. The number of ether oxygens (including phenoxy) is 1. The van der Waals surface area contributed by atoms with Gasteiger partial charge in [0.2, 0.25) is 5.88 Å². The summed E-state index contributed by atoms with van der Waals surface area (Å²) in [6, 6.07) is 8.10. The number of halogens is 1. The Morgan fingerprint density at radius 2 is 1.89 bits per heavy atom. The Balaban J connectivity index is 1.29. The van der Waals surface area contributed by atoms with Gasteiger partial charge in [-0.2, -0.15) is 0 Å². The van der Waals surface area contributed by atoms with E-state index in [2.05, 4.69) is 20.3 Å². The number of aromatic nitrogens is 3. The van der Waals surface area contributed by atoms with Crippen LogP contribution in [0.2, 0.25) is 0 Å². The van der Waals surface area contributed by atoms with E-state index >= 15 is 0 Å². The Hall–Kier alpha value is -3.22. The smallest absolute Gasteiger partial charge is 0.267 e. The summed E-state index contributed by atoms with van der Waals surface area (Å²) < 4.78 is 18.9. The van der Waals surface area contributed by atoms with Crippen LogP contribution >= 0.6 is 0 Å². The molecule has 2 heterocycles. The van der Waals surface area contributed by atoms with Gasteiger partial charge >= 0.3 is 0 Å². The molecule has 0 unspecified atom stereocenters. The number of nitrogens with zero attached hydrogens (tertiary/aromatic N) is 2. The van der Waals surface area contributed by atoms with Crippen molar-refractivity contribution in [2.45, 2.75) is 37.8 Å². The van der Waals surface area contributed by atoms with Gasteiger partial charge in [0.1, 0.15) is 17.6 Å². The van der Waals surface area contributed by atoms with Gasteiger partial charge in [-0.25, -0.2) is 9.37 Å². The zero-order valence-electron chi connectivity index (χ0n) is 15.3. The number of carbonyl (C=O) groups excluding carboxylic acids is 1. The average molecular weight is 380 g/mol. The van der Waals surface area contributed by atoms with Gasteiger partial charge in [0.25, 0.3) is 5.91 Å². The molecule has 0 atom stereocenters. The zero-order valence-corrected chi connectivity index (χ0v) is 15.3. The molecule has 0 aliphatic heterocycles. The monoisotopic (exact) mass is 380 g/mol. The predicted molar refractivity (Wildman–Crippen MR) is 102 cm³/mol. The fraction of sp³-hybridized carbons (Fsp3) is 0.286. The Kier molecular flexibility index (Phi) is 5.32. The Morgan fingerprint density at radius 1 is 1.11 bits per heavy atom. The van der Waals surface area contributed by atoms with E-state index < -0.39 is 0 Å². The molecular formula is C21H21FN4O2. The van der Waals surface area contributed by atoms with Gasteiger partial charge in [-0.05, 0) is 55.0 Å². The van der Waals surface area contributed by atoms with Crippen molar-refractivity contribution < 1.29 is 13.9 Å². The van der Waals surface area contributed by atoms with E-state index in [9.17, 15) is 9.18 Å². The van der Waals surface area contributed by atoms with Crippen LogP contribution in [0.4, 0.5) is 4.39 Å². The molecule has 4 rings (SSSR count). The summed E-state index contributed by atoms with van der Waals surface area (Å²) in [5, 5.41) is 3.08. The maximum atomic E-state index is 13.1. The quantitative estimate of drug-likeness (QED) is 0.707. The van der Waals surface area contributed by atoms with Crippen LogP contribution in [0.15, 0.2) is 55.1 Å². The van der Waals surface area contributed by atoms with E-state index in [1.807, 2.05) is 0 Å². The fourth-order valence-electron chi connectivity index (χ4n) is 3.44. The summed E-state index contributed by atoms with van der Waals surface area (Å²) in [6.07, 6.45) is 10.1. The van der Waals surface area contributed by atoms with Gasteiger partial charge in [0.15, 0.2) is 0 Å². The number of benzene rings is 1. The third kappa shape index (κ3) is 4.36. The highest BCUT2D eigenvalue weighted by Crippen LogP contribution is 2.24. The lowest BCUT2D eigenvalue weighted by molar-refractivity contribution is 0.0885. The molecule has 0 spiro atoms. The lowest BCUT2D eigenvalue weighted by Gasteiger charge is -2.29. The first-order valence-electron chi connectivity index (χ1n) is 9.35. The highest BCUT2D eigenvalue weighted by Gasteiger charge is 2.24. The van der Waals surface area contributed by atoms with Crippen molar-refractivity contribution in [1.82, 2.24) is 20.3 Å². The van der Waals surface area contributed by atoms with Crippen molar-refractivity contribution in [2.24, 2.45) is 0 Å². The molecule has 1 aliphatic carbocycles. The van der Waals surface area contributed by atoms with Crippen molar-refractivity contribution in [1.29, 1.82) is 0 Å². The molecular weight excluding hydrogens is 359 g/mol. The SMILES string of the molecule is O=C(NC1CCC(Oc2cnccn2)CC1)c1cc(-c2ccc(F)cc2)c[nH]1. The number of rotatable bonds is 5. The largest absolute Gasteiger partial charge is 0.473 e. The molecule has 1 aliphatic rings. The lowest BCUT2D eigenvalue weighted by atomic mass is 9.93. The Bertz CT molecular complexity index is 919. The molecule has 0 bridgehead atoms. The second-order valence-electron chi connectivity index (χ2n) is 6.92. The molecule has 28 heavy (non-hydrogen) atoms. The summed E-state index contributed by atoms with van der Waals surface area (Å²) >= 11 is 0. The molecule has 1 fully saturated rings. The summed E-state index contributed by atoms with van der Waals surface area (Å²) in [5.74, 6) is 0.123. The molecule has 2 aromatic heterocycles. The van der Waals surface area contributed by atoms with Gasteiger partial charge in [-0.3, -0.25) is 9.78 Å². The van der Waals surface area contributed by atoms with Crippen molar-refractivity contribution >= 4 is 5.91 Å². The van der Waals surface area contributed by atoms with E-state index in [-0.39, 0.29) is 23.9 Å². The van der Waals surface area contributed by atoms with Crippen LogP contribution in [-0.2, 0) is 0 Å². The molecule has 0 saturated heterocycles. The molecule has 0 radical (unpaired) electrons. The van der Waals surface area contributed by atoms with E-state index in [1.54, 1.807) is 43.0 Å². The molecule has 3 aromatic rings. The zero-order chi connectivity index (χ0) is 19.3. The Labute approximate surface area is 162 Å². The number of hydrogen-bond donors (Lipinski definition) is 2. The highest BCUT2D eigenvalue weighted by molar-refractivity contribution is 5.94. The number of aromatic amines is 1. The van der Waals surface area contributed by atoms with Crippen LogP contribution in [0.25, 0.3) is 11.1 Å². The molecule has 1 aromatic carbocycles. The molecule has 7 heteroatoms. The van der Waals surface area contributed by atoms with E-state index in [0.717, 1.165) is 36.8 Å². The summed E-state index contributed by atoms with van der Waals surface area (Å²) in [6.45, 7) is 0. The van der Waals surface area contributed by atoms with Crippen LogP contribution in [0.5, 0.6) is 5.88 Å². The number of amides is 1. The van der Waals surface area contributed by atoms with E-state index in [0.29, 0.717) is 11.6 Å². The first-order chi connectivity index (χ1) is 13.7. The van der Waals surface area contributed by atoms with Gasteiger partial charge in [-0.1, -0.05) is 12.1 Å². The van der Waals surface area contributed by atoms with E-state index in [4.69, 9.17) is 4.74 Å². The maximum absolute atomic E-state index is 13.1. The average Bonchev–Trinajstić information content (AvgIpc) is 3.21. The number of hydrogen-bond acceptors (Lipinski definition) is 4. The first kappa shape index (κ1) is 18.2. The summed E-state index contributed by atoms with van der Waals surface area (Å²) in [7, 11) is 0. The highest BCUT2D eigenvalue weighted by atomic mass is 19.1. The van der Waals surface area contributed by atoms with Gasteiger partial charge in [0.05, 0.1) is 6.20 Å². The fourth-order valence-corrected chi connectivity index (χ4v) is 3.44. The summed E-state index contributed by atoms with van der Waals surface area (Å²) in [4.78, 5) is 23.7. The standard InChI is InChI=1S/C21H21FN4O2/c22-16-3-1-14(2-4-16)15-11-19(25-12-15)21(27)26-17-5-7-18(8-6-17)28-20-13-23-9-10-24-20/h1-4,9-13,17-18,25H,5-8H2,(H,26,27). The van der Waals surface area contributed by atoms with Crippen molar-refractivity contribution in [3.05, 3.63) is 66.6 Å². The van der Waals surface area contributed by atoms with Crippen LogP contribution in [0.1, 0.15) is 36.2 Å². The van der Waals surface area contributed by atoms with Crippen molar-refractivity contribution in [3.63, 3.8) is 0 Å². The van der Waals surface area contributed by atoms with Crippen molar-refractivity contribution in [2.75, 3.05) is 0 Å². The van der Waals surface area contributed by atoms with Crippen LogP contribution in [0.3, 0.4) is 0 Å². The number of H-pyrrole nitrogens is 1. The Morgan fingerprint density at radius 3 is 2.61 bits per heavy atom.